The lowest BCUT2D eigenvalue weighted by Crippen LogP contribution is -2.09. The molecule has 0 spiro atoms. The molecule has 1 aromatic carbocycles. The van der Waals surface area contributed by atoms with Crippen molar-refractivity contribution in [1.82, 2.24) is 0 Å². The summed E-state index contributed by atoms with van der Waals surface area (Å²) in [5.41, 5.74) is 2.27. The summed E-state index contributed by atoms with van der Waals surface area (Å²) in [6.07, 6.45) is 0. The molecule has 0 aromatic heterocycles. The van der Waals surface area contributed by atoms with Crippen molar-refractivity contribution in [1.29, 1.82) is 0 Å². The van der Waals surface area contributed by atoms with E-state index in [0.29, 0.717) is 16.0 Å². The largest absolute Gasteiger partial charge is 0.426 e. The van der Waals surface area contributed by atoms with E-state index < -0.39 is 5.97 Å². The van der Waals surface area contributed by atoms with Crippen LogP contribution in [-0.2, 0) is 9.59 Å². The van der Waals surface area contributed by atoms with Crippen LogP contribution in [0, 0.1) is 20.8 Å². The van der Waals surface area contributed by atoms with Crippen molar-refractivity contribution in [2.75, 3.05) is 0 Å². The van der Waals surface area contributed by atoms with E-state index in [9.17, 15) is 9.59 Å². The SMILES string of the molecule is CC(=O)Oc1c(C)c(C)c(OC(C)=O)c(Br)c1C. The van der Waals surface area contributed by atoms with Crippen molar-refractivity contribution in [3.05, 3.63) is 21.2 Å². The second kappa shape index (κ2) is 5.52. The summed E-state index contributed by atoms with van der Waals surface area (Å²) >= 11 is 3.37. The Morgan fingerprint density at radius 3 is 1.67 bits per heavy atom. The number of benzene rings is 1. The molecule has 1 rings (SSSR count). The molecule has 0 bridgehead atoms. The number of ether oxygens (including phenoxy) is 2. The molecular formula is C13H15BrO4. The van der Waals surface area contributed by atoms with Crippen molar-refractivity contribution in [3.63, 3.8) is 0 Å². The van der Waals surface area contributed by atoms with Crippen LogP contribution in [0.4, 0.5) is 0 Å². The molecule has 0 saturated heterocycles. The monoisotopic (exact) mass is 314 g/mol. The van der Waals surface area contributed by atoms with Gasteiger partial charge in [0.05, 0.1) is 4.47 Å². The van der Waals surface area contributed by atoms with Crippen LogP contribution in [0.5, 0.6) is 11.5 Å². The minimum atomic E-state index is -0.391. The third kappa shape index (κ3) is 2.90. The van der Waals surface area contributed by atoms with Gasteiger partial charge in [0.25, 0.3) is 0 Å². The smallest absolute Gasteiger partial charge is 0.308 e. The van der Waals surface area contributed by atoms with E-state index in [4.69, 9.17) is 9.47 Å². The highest BCUT2D eigenvalue weighted by Gasteiger charge is 2.20. The van der Waals surface area contributed by atoms with Crippen LogP contribution in [0.25, 0.3) is 0 Å². The summed E-state index contributed by atoms with van der Waals surface area (Å²) in [5.74, 6) is 0.196. The van der Waals surface area contributed by atoms with Crippen LogP contribution >= 0.6 is 15.9 Å². The summed E-state index contributed by atoms with van der Waals surface area (Å²) in [6, 6.07) is 0. The topological polar surface area (TPSA) is 52.6 Å². The van der Waals surface area contributed by atoms with Crippen molar-refractivity contribution in [3.8, 4) is 11.5 Å². The molecule has 0 aliphatic heterocycles. The Balaban J connectivity index is 3.44. The van der Waals surface area contributed by atoms with Crippen molar-refractivity contribution < 1.29 is 19.1 Å². The van der Waals surface area contributed by atoms with E-state index in [-0.39, 0.29) is 5.97 Å². The minimum absolute atomic E-state index is 0.382. The zero-order chi connectivity index (χ0) is 14.0. The fourth-order valence-corrected chi connectivity index (χ4v) is 2.18. The number of hydrogen-bond acceptors (Lipinski definition) is 4. The van der Waals surface area contributed by atoms with Gasteiger partial charge in [-0.1, -0.05) is 0 Å². The molecular weight excluding hydrogens is 300 g/mol. The van der Waals surface area contributed by atoms with Crippen molar-refractivity contribution in [2.45, 2.75) is 34.6 Å². The first-order valence-electron chi connectivity index (χ1n) is 5.41. The molecule has 18 heavy (non-hydrogen) atoms. The Labute approximate surface area is 114 Å². The average molecular weight is 315 g/mol. The molecule has 0 N–H and O–H groups in total. The number of hydrogen-bond donors (Lipinski definition) is 0. The molecule has 98 valence electrons. The van der Waals surface area contributed by atoms with Crippen molar-refractivity contribution >= 4 is 27.9 Å². The molecule has 0 fully saturated rings. The summed E-state index contributed by atoms with van der Waals surface area (Å²) in [5, 5.41) is 0. The first-order valence-corrected chi connectivity index (χ1v) is 6.21. The van der Waals surface area contributed by atoms with Gasteiger partial charge in [0.1, 0.15) is 11.5 Å². The first-order chi connectivity index (χ1) is 8.25. The van der Waals surface area contributed by atoms with Gasteiger partial charge in [0.15, 0.2) is 0 Å². The van der Waals surface area contributed by atoms with Crippen LogP contribution in [0.3, 0.4) is 0 Å². The molecule has 0 saturated carbocycles. The van der Waals surface area contributed by atoms with Gasteiger partial charge in [-0.05, 0) is 47.8 Å². The Bertz CT molecular complexity index is 444. The molecule has 0 aliphatic carbocycles. The standard InChI is InChI=1S/C13H15BrO4/c1-6-7(2)13(18-10(5)16)11(14)8(3)12(6)17-9(4)15/h1-5H3. The number of halogens is 1. The van der Waals surface area contributed by atoms with E-state index in [1.54, 1.807) is 6.92 Å². The molecule has 0 atom stereocenters. The molecule has 4 nitrogen and oxygen atoms in total. The van der Waals surface area contributed by atoms with E-state index in [2.05, 4.69) is 15.9 Å². The van der Waals surface area contributed by atoms with Crippen molar-refractivity contribution in [2.24, 2.45) is 0 Å². The van der Waals surface area contributed by atoms with Crippen LogP contribution in [0.15, 0.2) is 4.47 Å². The lowest BCUT2D eigenvalue weighted by molar-refractivity contribution is -0.133. The fraction of sp³-hybridized carbons (Fsp3) is 0.385. The van der Waals surface area contributed by atoms with Gasteiger partial charge in [0.2, 0.25) is 0 Å². The highest BCUT2D eigenvalue weighted by Crippen LogP contribution is 2.41. The third-order valence-corrected chi connectivity index (χ3v) is 3.56. The zero-order valence-electron chi connectivity index (χ0n) is 11.0. The van der Waals surface area contributed by atoms with E-state index in [1.807, 2.05) is 13.8 Å². The molecule has 5 heteroatoms. The molecule has 0 aliphatic rings. The van der Waals surface area contributed by atoms with Gasteiger partial charge in [-0.15, -0.1) is 0 Å². The van der Waals surface area contributed by atoms with Crippen LogP contribution in [0.2, 0.25) is 0 Å². The molecule has 1 aromatic rings. The summed E-state index contributed by atoms with van der Waals surface area (Å²) in [7, 11) is 0. The lowest BCUT2D eigenvalue weighted by Gasteiger charge is -2.17. The second-order valence-electron chi connectivity index (χ2n) is 4.03. The summed E-state index contributed by atoms with van der Waals surface area (Å²) in [4.78, 5) is 22.2. The predicted molar refractivity (Wildman–Crippen MR) is 71.0 cm³/mol. The summed E-state index contributed by atoms with van der Waals surface area (Å²) < 4.78 is 11.0. The van der Waals surface area contributed by atoms with E-state index in [0.717, 1.165) is 16.7 Å². The number of esters is 2. The lowest BCUT2D eigenvalue weighted by atomic mass is 10.0. The van der Waals surface area contributed by atoms with E-state index in [1.165, 1.54) is 13.8 Å². The van der Waals surface area contributed by atoms with Gasteiger partial charge in [-0.3, -0.25) is 9.59 Å². The highest BCUT2D eigenvalue weighted by atomic mass is 79.9. The fourth-order valence-electron chi connectivity index (χ4n) is 1.62. The Morgan fingerprint density at radius 1 is 0.833 bits per heavy atom. The maximum atomic E-state index is 11.1. The van der Waals surface area contributed by atoms with Gasteiger partial charge in [-0.25, -0.2) is 0 Å². The summed E-state index contributed by atoms with van der Waals surface area (Å²) in [6.45, 7) is 8.12. The maximum absolute atomic E-state index is 11.1. The Kier molecular flexibility index (Phi) is 4.51. The van der Waals surface area contributed by atoms with Crippen LogP contribution in [0.1, 0.15) is 30.5 Å². The average Bonchev–Trinajstić information content (AvgIpc) is 2.27. The normalized spacial score (nSPS) is 10.1. The second-order valence-corrected chi connectivity index (χ2v) is 4.83. The van der Waals surface area contributed by atoms with Crippen LogP contribution < -0.4 is 9.47 Å². The number of carbonyl (C=O) groups excluding carboxylic acids is 2. The number of rotatable bonds is 2. The van der Waals surface area contributed by atoms with Crippen LogP contribution in [-0.4, -0.2) is 11.9 Å². The van der Waals surface area contributed by atoms with Gasteiger partial charge in [0, 0.05) is 19.4 Å². The van der Waals surface area contributed by atoms with Gasteiger partial charge >= 0.3 is 11.9 Å². The quantitative estimate of drug-likeness (QED) is 0.621. The minimum Gasteiger partial charge on any atom is -0.426 e. The molecule has 0 amide bonds. The van der Waals surface area contributed by atoms with E-state index >= 15 is 0 Å². The molecule has 0 unspecified atom stereocenters. The third-order valence-electron chi connectivity index (χ3n) is 2.60. The van der Waals surface area contributed by atoms with Gasteiger partial charge in [-0.2, -0.15) is 0 Å². The molecule has 0 heterocycles. The maximum Gasteiger partial charge on any atom is 0.308 e. The zero-order valence-corrected chi connectivity index (χ0v) is 12.6. The Hall–Kier alpha value is -1.36. The first kappa shape index (κ1) is 14.7. The predicted octanol–water partition coefficient (Wildman–Crippen LogP) is 3.22. The van der Waals surface area contributed by atoms with Gasteiger partial charge < -0.3 is 9.47 Å². The highest BCUT2D eigenvalue weighted by molar-refractivity contribution is 9.10. The number of carbonyl (C=O) groups is 2. The molecule has 0 radical (unpaired) electrons. The Morgan fingerprint density at radius 2 is 1.22 bits per heavy atom.